The molecule has 0 aliphatic carbocycles. The second-order valence-corrected chi connectivity index (χ2v) is 5.54. The van der Waals surface area contributed by atoms with E-state index in [0.29, 0.717) is 12.1 Å². The van der Waals surface area contributed by atoms with E-state index in [1.807, 2.05) is 23.9 Å². The molecule has 0 spiro atoms. The van der Waals surface area contributed by atoms with Crippen molar-refractivity contribution in [3.05, 3.63) is 23.8 Å². The third kappa shape index (κ3) is 2.93. The lowest BCUT2D eigenvalue weighted by atomic mass is 10.0. The quantitative estimate of drug-likeness (QED) is 0.908. The van der Waals surface area contributed by atoms with Crippen molar-refractivity contribution in [2.75, 3.05) is 25.7 Å². The minimum atomic E-state index is 0.346. The van der Waals surface area contributed by atoms with Crippen LogP contribution in [0.15, 0.2) is 18.2 Å². The van der Waals surface area contributed by atoms with Gasteiger partial charge >= 0.3 is 0 Å². The van der Waals surface area contributed by atoms with Crippen molar-refractivity contribution in [1.29, 1.82) is 0 Å². The number of thioether (sulfide) groups is 1. The third-order valence-electron chi connectivity index (χ3n) is 3.35. The zero-order valence-corrected chi connectivity index (χ0v) is 12.0. The van der Waals surface area contributed by atoms with Gasteiger partial charge < -0.3 is 14.8 Å². The summed E-state index contributed by atoms with van der Waals surface area (Å²) in [4.78, 5) is 0. The van der Waals surface area contributed by atoms with Crippen molar-refractivity contribution in [2.45, 2.75) is 25.4 Å². The van der Waals surface area contributed by atoms with Gasteiger partial charge in [0.25, 0.3) is 0 Å². The number of hydrogen-bond acceptors (Lipinski definition) is 4. The van der Waals surface area contributed by atoms with Crippen molar-refractivity contribution >= 4 is 11.8 Å². The highest BCUT2D eigenvalue weighted by Gasteiger charge is 2.24. The van der Waals surface area contributed by atoms with Crippen LogP contribution in [0, 0.1) is 0 Å². The first kappa shape index (κ1) is 13.6. The Labute approximate surface area is 113 Å². The topological polar surface area (TPSA) is 30.5 Å². The van der Waals surface area contributed by atoms with Gasteiger partial charge in [-0.1, -0.05) is 6.92 Å². The molecule has 1 aromatic rings. The molecule has 1 aliphatic heterocycles. The summed E-state index contributed by atoms with van der Waals surface area (Å²) in [7, 11) is 3.42. The Morgan fingerprint density at radius 1 is 1.28 bits per heavy atom. The lowest BCUT2D eigenvalue weighted by Gasteiger charge is -2.31. The van der Waals surface area contributed by atoms with Crippen LogP contribution in [0.1, 0.15) is 24.9 Å². The van der Waals surface area contributed by atoms with Crippen molar-refractivity contribution in [3.8, 4) is 11.5 Å². The van der Waals surface area contributed by atoms with E-state index < -0.39 is 0 Å². The summed E-state index contributed by atoms with van der Waals surface area (Å²) in [6, 6.07) is 6.93. The van der Waals surface area contributed by atoms with E-state index in [1.165, 1.54) is 11.3 Å². The summed E-state index contributed by atoms with van der Waals surface area (Å²) >= 11 is 2.00. The molecular formula is C14H21NO2S. The van der Waals surface area contributed by atoms with Crippen LogP contribution in [-0.4, -0.2) is 31.8 Å². The molecule has 0 radical (unpaired) electrons. The van der Waals surface area contributed by atoms with Gasteiger partial charge in [-0.2, -0.15) is 11.8 Å². The van der Waals surface area contributed by atoms with Gasteiger partial charge in [-0.3, -0.25) is 0 Å². The monoisotopic (exact) mass is 267 g/mol. The summed E-state index contributed by atoms with van der Waals surface area (Å²) in [5.41, 5.74) is 1.20. The van der Waals surface area contributed by atoms with Gasteiger partial charge in [0.05, 0.1) is 14.2 Å². The van der Waals surface area contributed by atoms with Gasteiger partial charge in [-0.25, -0.2) is 0 Å². The fraction of sp³-hybridized carbons (Fsp3) is 0.571. The van der Waals surface area contributed by atoms with Gasteiger partial charge in [0.1, 0.15) is 11.5 Å². The second kappa shape index (κ2) is 6.34. The van der Waals surface area contributed by atoms with Crippen molar-refractivity contribution < 1.29 is 9.47 Å². The Kier molecular flexibility index (Phi) is 4.78. The van der Waals surface area contributed by atoms with E-state index in [9.17, 15) is 0 Å². The minimum absolute atomic E-state index is 0.346. The van der Waals surface area contributed by atoms with Crippen LogP contribution in [0.4, 0.5) is 0 Å². The number of rotatable bonds is 4. The van der Waals surface area contributed by atoms with E-state index in [1.54, 1.807) is 14.2 Å². The summed E-state index contributed by atoms with van der Waals surface area (Å²) in [5, 5.41) is 3.69. The number of nitrogens with one attached hydrogen (secondary N) is 1. The molecule has 2 atom stereocenters. The third-order valence-corrected chi connectivity index (χ3v) is 4.55. The van der Waals surface area contributed by atoms with Gasteiger partial charge in [0, 0.05) is 29.2 Å². The first-order chi connectivity index (χ1) is 8.78. The molecule has 0 amide bonds. The molecule has 0 aromatic heterocycles. The lowest BCUT2D eigenvalue weighted by molar-refractivity contribution is 0.385. The van der Waals surface area contributed by atoms with Gasteiger partial charge in [-0.15, -0.1) is 0 Å². The number of benzene rings is 1. The fourth-order valence-electron chi connectivity index (χ4n) is 2.24. The first-order valence-electron chi connectivity index (χ1n) is 6.34. The largest absolute Gasteiger partial charge is 0.497 e. The Balaban J connectivity index is 2.24. The first-order valence-corrected chi connectivity index (χ1v) is 7.49. The zero-order chi connectivity index (χ0) is 13.0. The van der Waals surface area contributed by atoms with Crippen molar-refractivity contribution in [2.24, 2.45) is 0 Å². The molecule has 2 unspecified atom stereocenters. The Hall–Kier alpha value is -0.870. The molecule has 1 fully saturated rings. The molecular weight excluding hydrogens is 246 g/mol. The molecule has 1 N–H and O–H groups in total. The smallest absolute Gasteiger partial charge is 0.123 e. The van der Waals surface area contributed by atoms with Gasteiger partial charge in [0.15, 0.2) is 0 Å². The van der Waals surface area contributed by atoms with Crippen LogP contribution in [0.5, 0.6) is 11.5 Å². The number of methoxy groups -OCH3 is 2. The molecule has 100 valence electrons. The van der Waals surface area contributed by atoms with Gasteiger partial charge in [-0.05, 0) is 24.6 Å². The molecule has 1 heterocycles. The molecule has 1 aliphatic rings. The second-order valence-electron chi connectivity index (χ2n) is 4.47. The minimum Gasteiger partial charge on any atom is -0.497 e. The van der Waals surface area contributed by atoms with E-state index in [2.05, 4.69) is 18.3 Å². The van der Waals surface area contributed by atoms with E-state index >= 15 is 0 Å². The Morgan fingerprint density at radius 3 is 2.78 bits per heavy atom. The highest BCUT2D eigenvalue weighted by molar-refractivity contribution is 7.99. The summed E-state index contributed by atoms with van der Waals surface area (Å²) in [5.74, 6) is 4.10. The molecule has 3 nitrogen and oxygen atoms in total. The van der Waals surface area contributed by atoms with Crippen LogP contribution in [0.3, 0.4) is 0 Å². The predicted molar refractivity (Wildman–Crippen MR) is 76.8 cm³/mol. The molecule has 18 heavy (non-hydrogen) atoms. The van der Waals surface area contributed by atoms with Crippen LogP contribution >= 0.6 is 11.8 Å². The zero-order valence-electron chi connectivity index (χ0n) is 11.2. The fourth-order valence-corrected chi connectivity index (χ4v) is 3.50. The molecule has 0 bridgehead atoms. The average Bonchev–Trinajstić information content (AvgIpc) is 2.46. The molecule has 2 rings (SSSR count). The van der Waals surface area contributed by atoms with Gasteiger partial charge in [0.2, 0.25) is 0 Å². The lowest BCUT2D eigenvalue weighted by Crippen LogP contribution is -2.39. The maximum absolute atomic E-state index is 5.46. The number of hydrogen-bond donors (Lipinski definition) is 1. The van der Waals surface area contributed by atoms with Crippen LogP contribution < -0.4 is 14.8 Å². The van der Waals surface area contributed by atoms with E-state index in [4.69, 9.17) is 9.47 Å². The Morgan fingerprint density at radius 2 is 2.11 bits per heavy atom. The SMILES string of the molecule is CCC1CSCC(c2cc(OC)ccc2OC)N1. The molecule has 1 aromatic carbocycles. The van der Waals surface area contributed by atoms with Crippen LogP contribution in [0.2, 0.25) is 0 Å². The highest BCUT2D eigenvalue weighted by Crippen LogP contribution is 2.33. The maximum atomic E-state index is 5.46. The molecule has 4 heteroatoms. The molecule has 1 saturated heterocycles. The maximum Gasteiger partial charge on any atom is 0.123 e. The van der Waals surface area contributed by atoms with Crippen LogP contribution in [0.25, 0.3) is 0 Å². The molecule has 0 saturated carbocycles. The van der Waals surface area contributed by atoms with Crippen molar-refractivity contribution in [3.63, 3.8) is 0 Å². The summed E-state index contributed by atoms with van der Waals surface area (Å²) < 4.78 is 10.8. The van der Waals surface area contributed by atoms with Crippen LogP contribution in [-0.2, 0) is 0 Å². The highest BCUT2D eigenvalue weighted by atomic mass is 32.2. The summed E-state index contributed by atoms with van der Waals surface area (Å²) in [6.45, 7) is 2.23. The predicted octanol–water partition coefficient (Wildman–Crippen LogP) is 2.86. The standard InChI is InChI=1S/C14H21NO2S/c1-4-10-8-18-9-13(15-10)12-7-11(16-2)5-6-14(12)17-3/h5-7,10,13,15H,4,8-9H2,1-3H3. The summed E-state index contributed by atoms with van der Waals surface area (Å²) in [6.07, 6.45) is 1.16. The van der Waals surface area contributed by atoms with E-state index in [-0.39, 0.29) is 0 Å². The van der Waals surface area contributed by atoms with E-state index in [0.717, 1.165) is 23.7 Å². The van der Waals surface area contributed by atoms with Crippen molar-refractivity contribution in [1.82, 2.24) is 5.32 Å². The average molecular weight is 267 g/mol. The Bertz CT molecular complexity index is 397. The number of ether oxygens (including phenoxy) is 2. The normalized spacial score (nSPS) is 23.7.